The van der Waals surface area contributed by atoms with E-state index in [1.165, 1.54) is 0 Å². The maximum absolute atomic E-state index is 11.6. The number of ether oxygens (including phenoxy) is 1. The van der Waals surface area contributed by atoms with Crippen molar-refractivity contribution in [3.63, 3.8) is 0 Å². The highest BCUT2D eigenvalue weighted by atomic mass is 35.5. The van der Waals surface area contributed by atoms with Crippen LogP contribution in [0, 0.1) is 0 Å². The van der Waals surface area contributed by atoms with E-state index in [0.717, 1.165) is 19.4 Å². The summed E-state index contributed by atoms with van der Waals surface area (Å²) in [5, 5.41) is 2.85. The maximum Gasteiger partial charge on any atom is 0.249 e. The van der Waals surface area contributed by atoms with Crippen LogP contribution in [0.2, 0.25) is 0 Å². The molecule has 0 aromatic heterocycles. The molecule has 2 atom stereocenters. The van der Waals surface area contributed by atoms with Gasteiger partial charge in [0.1, 0.15) is 6.10 Å². The van der Waals surface area contributed by atoms with Crippen LogP contribution in [-0.2, 0) is 9.53 Å². The number of amides is 1. The van der Waals surface area contributed by atoms with Gasteiger partial charge in [-0.1, -0.05) is 0 Å². The van der Waals surface area contributed by atoms with Crippen molar-refractivity contribution >= 4 is 18.3 Å². The standard InChI is InChI=1S/C10H21N3O2.ClH/c1-13(2)6-5-12-10(14)9-4-3-8(7-11)15-9;/h8-9H,3-7,11H2,1-2H3,(H,12,14);1H/t8-,9+;/m1./s1. The third-order valence-electron chi connectivity index (χ3n) is 2.52. The van der Waals surface area contributed by atoms with Gasteiger partial charge in [0.25, 0.3) is 0 Å². The first-order valence-corrected chi connectivity index (χ1v) is 5.41. The number of rotatable bonds is 5. The molecule has 6 heteroatoms. The first-order chi connectivity index (χ1) is 7.13. The molecule has 0 radical (unpaired) electrons. The molecule has 3 N–H and O–H groups in total. The Labute approximate surface area is 103 Å². The highest BCUT2D eigenvalue weighted by molar-refractivity contribution is 5.85. The van der Waals surface area contributed by atoms with Gasteiger partial charge in [0, 0.05) is 19.6 Å². The van der Waals surface area contributed by atoms with Gasteiger partial charge >= 0.3 is 0 Å². The number of likely N-dealkylation sites (N-methyl/N-ethyl adjacent to an activating group) is 1. The van der Waals surface area contributed by atoms with Crippen molar-refractivity contribution in [2.45, 2.75) is 25.0 Å². The summed E-state index contributed by atoms with van der Waals surface area (Å²) in [6, 6.07) is 0. The van der Waals surface area contributed by atoms with Gasteiger partial charge in [-0.3, -0.25) is 4.79 Å². The normalized spacial score (nSPS) is 24.2. The smallest absolute Gasteiger partial charge is 0.249 e. The summed E-state index contributed by atoms with van der Waals surface area (Å²) in [6.07, 6.45) is 1.45. The van der Waals surface area contributed by atoms with Crippen LogP contribution < -0.4 is 11.1 Å². The second-order valence-electron chi connectivity index (χ2n) is 4.15. The summed E-state index contributed by atoms with van der Waals surface area (Å²) in [5.74, 6) is -0.00667. The predicted octanol–water partition coefficient (Wildman–Crippen LogP) is -0.408. The number of halogens is 1. The molecule has 0 unspecified atom stereocenters. The van der Waals surface area contributed by atoms with Gasteiger partial charge in [0.05, 0.1) is 6.10 Å². The van der Waals surface area contributed by atoms with Gasteiger partial charge in [0.2, 0.25) is 5.91 Å². The van der Waals surface area contributed by atoms with E-state index in [2.05, 4.69) is 5.32 Å². The van der Waals surface area contributed by atoms with Crippen LogP contribution in [0.3, 0.4) is 0 Å². The summed E-state index contributed by atoms with van der Waals surface area (Å²) in [6.45, 7) is 2.01. The Hall–Kier alpha value is -0.360. The van der Waals surface area contributed by atoms with Gasteiger partial charge in [-0.15, -0.1) is 12.4 Å². The van der Waals surface area contributed by atoms with E-state index in [1.54, 1.807) is 0 Å². The van der Waals surface area contributed by atoms with Gasteiger partial charge in [-0.25, -0.2) is 0 Å². The second kappa shape index (κ2) is 7.84. The zero-order valence-electron chi connectivity index (χ0n) is 9.94. The molecular weight excluding hydrogens is 230 g/mol. The van der Waals surface area contributed by atoms with Crippen LogP contribution in [0.25, 0.3) is 0 Å². The van der Waals surface area contributed by atoms with Crippen molar-refractivity contribution in [1.29, 1.82) is 0 Å². The molecule has 0 aromatic rings. The zero-order valence-corrected chi connectivity index (χ0v) is 10.8. The van der Waals surface area contributed by atoms with Crippen molar-refractivity contribution in [3.8, 4) is 0 Å². The number of hydrogen-bond donors (Lipinski definition) is 2. The van der Waals surface area contributed by atoms with Crippen LogP contribution in [-0.4, -0.2) is 56.7 Å². The lowest BCUT2D eigenvalue weighted by atomic mass is 10.2. The molecule has 5 nitrogen and oxygen atoms in total. The van der Waals surface area contributed by atoms with Crippen LogP contribution in [0.5, 0.6) is 0 Å². The molecule has 0 spiro atoms. The Morgan fingerprint density at radius 3 is 2.69 bits per heavy atom. The number of carbonyl (C=O) groups is 1. The average molecular weight is 252 g/mol. The summed E-state index contributed by atoms with van der Waals surface area (Å²) in [5.41, 5.74) is 5.47. The minimum Gasteiger partial charge on any atom is -0.364 e. The summed E-state index contributed by atoms with van der Waals surface area (Å²) in [7, 11) is 3.95. The van der Waals surface area contributed by atoms with Crippen molar-refractivity contribution in [1.82, 2.24) is 10.2 Å². The Bertz CT molecular complexity index is 214. The third-order valence-corrected chi connectivity index (χ3v) is 2.52. The van der Waals surface area contributed by atoms with E-state index in [-0.39, 0.29) is 30.5 Å². The molecule has 96 valence electrons. The summed E-state index contributed by atoms with van der Waals surface area (Å²) < 4.78 is 5.48. The summed E-state index contributed by atoms with van der Waals surface area (Å²) >= 11 is 0. The highest BCUT2D eigenvalue weighted by Crippen LogP contribution is 2.18. The molecule has 0 aromatic carbocycles. The van der Waals surface area contributed by atoms with E-state index < -0.39 is 0 Å². The van der Waals surface area contributed by atoms with E-state index in [0.29, 0.717) is 13.1 Å². The van der Waals surface area contributed by atoms with E-state index in [1.807, 2.05) is 19.0 Å². The number of nitrogens with two attached hydrogens (primary N) is 1. The molecule has 1 saturated heterocycles. The number of hydrogen-bond acceptors (Lipinski definition) is 4. The number of carbonyl (C=O) groups excluding carboxylic acids is 1. The van der Waals surface area contributed by atoms with Crippen LogP contribution in [0.4, 0.5) is 0 Å². The SMILES string of the molecule is CN(C)CCNC(=O)[C@@H]1CC[C@H](CN)O1.Cl. The maximum atomic E-state index is 11.6. The van der Waals surface area contributed by atoms with E-state index >= 15 is 0 Å². The first kappa shape index (κ1) is 15.6. The fourth-order valence-corrected chi connectivity index (χ4v) is 1.59. The van der Waals surface area contributed by atoms with Gasteiger partial charge in [-0.2, -0.15) is 0 Å². The minimum absolute atomic E-state index is 0. The van der Waals surface area contributed by atoms with Gasteiger partial charge in [0.15, 0.2) is 0 Å². The molecule has 16 heavy (non-hydrogen) atoms. The molecule has 0 bridgehead atoms. The molecule has 0 saturated carbocycles. The van der Waals surface area contributed by atoms with Gasteiger partial charge in [-0.05, 0) is 26.9 Å². The zero-order chi connectivity index (χ0) is 11.3. The lowest BCUT2D eigenvalue weighted by Crippen LogP contribution is -2.38. The Kier molecular flexibility index (Phi) is 7.66. The molecule has 1 rings (SSSR count). The van der Waals surface area contributed by atoms with E-state index in [9.17, 15) is 4.79 Å². The van der Waals surface area contributed by atoms with Crippen molar-refractivity contribution in [2.75, 3.05) is 33.7 Å². The molecule has 1 heterocycles. The fourth-order valence-electron chi connectivity index (χ4n) is 1.59. The quantitative estimate of drug-likeness (QED) is 0.697. The molecule has 1 aliphatic heterocycles. The topological polar surface area (TPSA) is 67.6 Å². The van der Waals surface area contributed by atoms with Crippen LogP contribution in [0.1, 0.15) is 12.8 Å². The Balaban J connectivity index is 0.00000225. The van der Waals surface area contributed by atoms with Gasteiger partial charge < -0.3 is 20.7 Å². The highest BCUT2D eigenvalue weighted by Gasteiger charge is 2.29. The first-order valence-electron chi connectivity index (χ1n) is 5.41. The summed E-state index contributed by atoms with van der Waals surface area (Å²) in [4.78, 5) is 13.6. The third kappa shape index (κ3) is 5.12. The molecule has 0 aliphatic carbocycles. The molecular formula is C10H22ClN3O2. The lowest BCUT2D eigenvalue weighted by Gasteiger charge is -2.14. The molecule has 1 aliphatic rings. The number of nitrogens with one attached hydrogen (secondary N) is 1. The molecule has 1 amide bonds. The molecule has 1 fully saturated rings. The van der Waals surface area contributed by atoms with Crippen LogP contribution >= 0.6 is 12.4 Å². The lowest BCUT2D eigenvalue weighted by molar-refractivity contribution is -0.131. The Morgan fingerprint density at radius 1 is 1.50 bits per heavy atom. The van der Waals surface area contributed by atoms with Crippen LogP contribution in [0.15, 0.2) is 0 Å². The largest absolute Gasteiger partial charge is 0.364 e. The van der Waals surface area contributed by atoms with E-state index in [4.69, 9.17) is 10.5 Å². The van der Waals surface area contributed by atoms with Crippen molar-refractivity contribution < 1.29 is 9.53 Å². The fraction of sp³-hybridized carbons (Fsp3) is 0.900. The minimum atomic E-state index is -0.291. The van der Waals surface area contributed by atoms with Crippen molar-refractivity contribution in [2.24, 2.45) is 5.73 Å². The predicted molar refractivity (Wildman–Crippen MR) is 65.8 cm³/mol. The second-order valence-corrected chi connectivity index (χ2v) is 4.15. The van der Waals surface area contributed by atoms with Crippen molar-refractivity contribution in [3.05, 3.63) is 0 Å². The average Bonchev–Trinajstić information content (AvgIpc) is 2.65. The Morgan fingerprint density at radius 2 is 2.19 bits per heavy atom. The number of nitrogens with zero attached hydrogens (tertiary/aromatic N) is 1. The monoisotopic (exact) mass is 251 g/mol.